The molecule has 2 aromatic rings. The van der Waals surface area contributed by atoms with Crippen molar-refractivity contribution in [1.82, 2.24) is 15.0 Å². The Balaban J connectivity index is 2.23. The molecule has 2 N–H and O–H groups in total. The van der Waals surface area contributed by atoms with Crippen molar-refractivity contribution < 1.29 is 0 Å². The number of hydrogen-bond donors (Lipinski definition) is 1. The second-order valence-electron chi connectivity index (χ2n) is 2.67. The largest absolute Gasteiger partial charge is 0.329 e. The molecule has 4 nitrogen and oxygen atoms in total. The van der Waals surface area contributed by atoms with Gasteiger partial charge in [-0.3, -0.25) is 4.68 Å². The standard InChI is InChI=1S/C8H10N4S/c9-2-3-12-5-8(10-11-12)7-1-4-13-6-7/h1,4-6H,2-3,9H2. The van der Waals surface area contributed by atoms with Gasteiger partial charge in [0.25, 0.3) is 0 Å². The first kappa shape index (κ1) is 8.40. The second kappa shape index (κ2) is 3.68. The minimum Gasteiger partial charge on any atom is -0.329 e. The third-order valence-electron chi connectivity index (χ3n) is 1.71. The summed E-state index contributed by atoms with van der Waals surface area (Å²) in [4.78, 5) is 0. The minimum absolute atomic E-state index is 0.590. The molecule has 0 radical (unpaired) electrons. The van der Waals surface area contributed by atoms with Crippen LogP contribution in [0, 0.1) is 0 Å². The highest BCUT2D eigenvalue weighted by Crippen LogP contribution is 2.18. The fraction of sp³-hybridized carbons (Fsp3) is 0.250. The van der Waals surface area contributed by atoms with Crippen LogP contribution in [-0.4, -0.2) is 21.5 Å². The Morgan fingerprint density at radius 1 is 1.54 bits per heavy atom. The third kappa shape index (κ3) is 1.76. The van der Waals surface area contributed by atoms with E-state index in [9.17, 15) is 0 Å². The Hall–Kier alpha value is -1.20. The summed E-state index contributed by atoms with van der Waals surface area (Å²) in [5.74, 6) is 0. The Morgan fingerprint density at radius 2 is 2.46 bits per heavy atom. The summed E-state index contributed by atoms with van der Waals surface area (Å²) in [7, 11) is 0. The highest BCUT2D eigenvalue weighted by atomic mass is 32.1. The van der Waals surface area contributed by atoms with Gasteiger partial charge in [-0.15, -0.1) is 5.10 Å². The first-order valence-electron chi connectivity index (χ1n) is 4.03. The smallest absolute Gasteiger partial charge is 0.113 e. The molecule has 0 aliphatic heterocycles. The molecular formula is C8H10N4S. The molecule has 0 saturated carbocycles. The molecule has 0 aromatic carbocycles. The van der Waals surface area contributed by atoms with E-state index < -0.39 is 0 Å². The van der Waals surface area contributed by atoms with Crippen LogP contribution in [0.4, 0.5) is 0 Å². The molecular weight excluding hydrogens is 184 g/mol. The Kier molecular flexibility index (Phi) is 2.37. The van der Waals surface area contributed by atoms with Crippen LogP contribution in [0.2, 0.25) is 0 Å². The molecule has 0 spiro atoms. The van der Waals surface area contributed by atoms with E-state index in [1.165, 1.54) is 0 Å². The predicted molar refractivity (Wildman–Crippen MR) is 52.4 cm³/mol. The highest BCUT2D eigenvalue weighted by Gasteiger charge is 2.02. The van der Waals surface area contributed by atoms with Crippen LogP contribution >= 0.6 is 11.3 Å². The SMILES string of the molecule is NCCn1cc(-c2ccsc2)nn1. The molecule has 0 bridgehead atoms. The maximum Gasteiger partial charge on any atom is 0.113 e. The second-order valence-corrected chi connectivity index (χ2v) is 3.45. The number of rotatable bonds is 3. The molecule has 0 saturated heterocycles. The average Bonchev–Trinajstić information content (AvgIpc) is 2.70. The molecule has 0 unspecified atom stereocenters. The number of hydrogen-bond acceptors (Lipinski definition) is 4. The van der Waals surface area contributed by atoms with E-state index in [2.05, 4.69) is 15.7 Å². The minimum atomic E-state index is 0.590. The Bertz CT molecular complexity index is 365. The molecule has 2 aromatic heterocycles. The Morgan fingerprint density at radius 3 is 3.15 bits per heavy atom. The third-order valence-corrected chi connectivity index (χ3v) is 2.40. The van der Waals surface area contributed by atoms with E-state index in [0.717, 1.165) is 17.8 Å². The van der Waals surface area contributed by atoms with Crippen LogP contribution < -0.4 is 5.73 Å². The summed E-state index contributed by atoms with van der Waals surface area (Å²) in [6.07, 6.45) is 1.91. The van der Waals surface area contributed by atoms with Gasteiger partial charge in [-0.2, -0.15) is 11.3 Å². The summed E-state index contributed by atoms with van der Waals surface area (Å²) in [5.41, 5.74) is 7.43. The van der Waals surface area contributed by atoms with E-state index in [4.69, 9.17) is 5.73 Å². The van der Waals surface area contributed by atoms with Crippen molar-refractivity contribution in [2.24, 2.45) is 5.73 Å². The predicted octanol–water partition coefficient (Wildman–Crippen LogP) is 0.965. The van der Waals surface area contributed by atoms with Crippen molar-refractivity contribution in [3.05, 3.63) is 23.0 Å². The normalized spacial score (nSPS) is 10.5. The van der Waals surface area contributed by atoms with Crippen LogP contribution in [-0.2, 0) is 6.54 Å². The van der Waals surface area contributed by atoms with Gasteiger partial charge in [0.2, 0.25) is 0 Å². The van der Waals surface area contributed by atoms with E-state index in [1.54, 1.807) is 16.0 Å². The van der Waals surface area contributed by atoms with Gasteiger partial charge in [0.1, 0.15) is 5.69 Å². The summed E-state index contributed by atoms with van der Waals surface area (Å²) in [5, 5.41) is 12.1. The van der Waals surface area contributed by atoms with Crippen LogP contribution in [0.1, 0.15) is 0 Å². The molecule has 13 heavy (non-hydrogen) atoms. The van der Waals surface area contributed by atoms with Crippen LogP contribution in [0.25, 0.3) is 11.3 Å². The monoisotopic (exact) mass is 194 g/mol. The summed E-state index contributed by atoms with van der Waals surface area (Å²) >= 11 is 1.66. The van der Waals surface area contributed by atoms with E-state index in [1.807, 2.05) is 17.6 Å². The van der Waals surface area contributed by atoms with Crippen molar-refractivity contribution in [3.63, 3.8) is 0 Å². The van der Waals surface area contributed by atoms with E-state index >= 15 is 0 Å². The molecule has 68 valence electrons. The summed E-state index contributed by atoms with van der Waals surface area (Å²) < 4.78 is 1.76. The first-order valence-corrected chi connectivity index (χ1v) is 4.97. The highest BCUT2D eigenvalue weighted by molar-refractivity contribution is 7.08. The quantitative estimate of drug-likeness (QED) is 0.792. The fourth-order valence-electron chi connectivity index (χ4n) is 1.08. The van der Waals surface area contributed by atoms with Crippen LogP contribution in [0.15, 0.2) is 23.0 Å². The van der Waals surface area contributed by atoms with Gasteiger partial charge < -0.3 is 5.73 Å². The molecule has 0 aliphatic carbocycles. The topological polar surface area (TPSA) is 56.7 Å². The molecule has 2 heterocycles. The van der Waals surface area contributed by atoms with Crippen LogP contribution in [0.5, 0.6) is 0 Å². The van der Waals surface area contributed by atoms with Crippen molar-refractivity contribution in [2.75, 3.05) is 6.54 Å². The van der Waals surface area contributed by atoms with Gasteiger partial charge in [0.05, 0.1) is 12.7 Å². The van der Waals surface area contributed by atoms with Gasteiger partial charge in [0.15, 0.2) is 0 Å². The maximum atomic E-state index is 5.40. The lowest BCUT2D eigenvalue weighted by Crippen LogP contribution is -2.10. The number of thiophene rings is 1. The van der Waals surface area contributed by atoms with Gasteiger partial charge in [0, 0.05) is 17.5 Å². The lowest BCUT2D eigenvalue weighted by Gasteiger charge is -1.92. The van der Waals surface area contributed by atoms with Gasteiger partial charge >= 0.3 is 0 Å². The average molecular weight is 194 g/mol. The number of nitrogens with zero attached hydrogens (tertiary/aromatic N) is 3. The molecule has 0 atom stereocenters. The molecule has 0 aliphatic rings. The van der Waals surface area contributed by atoms with Crippen molar-refractivity contribution >= 4 is 11.3 Å². The van der Waals surface area contributed by atoms with Gasteiger partial charge in [-0.05, 0) is 11.4 Å². The van der Waals surface area contributed by atoms with Gasteiger partial charge in [-0.1, -0.05) is 5.21 Å². The molecule has 2 rings (SSSR count). The first-order chi connectivity index (χ1) is 6.40. The zero-order valence-corrected chi connectivity index (χ0v) is 7.87. The van der Waals surface area contributed by atoms with Crippen molar-refractivity contribution in [1.29, 1.82) is 0 Å². The molecule has 0 amide bonds. The summed E-state index contributed by atoms with van der Waals surface area (Å²) in [6, 6.07) is 2.03. The van der Waals surface area contributed by atoms with Gasteiger partial charge in [-0.25, -0.2) is 0 Å². The van der Waals surface area contributed by atoms with Crippen LogP contribution in [0.3, 0.4) is 0 Å². The number of aromatic nitrogens is 3. The van der Waals surface area contributed by atoms with Crippen molar-refractivity contribution in [2.45, 2.75) is 6.54 Å². The van der Waals surface area contributed by atoms with E-state index in [-0.39, 0.29) is 0 Å². The van der Waals surface area contributed by atoms with Crippen molar-refractivity contribution in [3.8, 4) is 11.3 Å². The molecule has 5 heteroatoms. The lowest BCUT2D eigenvalue weighted by atomic mass is 10.3. The maximum absolute atomic E-state index is 5.40. The lowest BCUT2D eigenvalue weighted by molar-refractivity contribution is 0.598. The zero-order chi connectivity index (χ0) is 9.10. The Labute approximate surface area is 80.0 Å². The zero-order valence-electron chi connectivity index (χ0n) is 7.05. The summed E-state index contributed by atoms with van der Waals surface area (Å²) in [6.45, 7) is 1.31. The fourth-order valence-corrected chi connectivity index (χ4v) is 1.73. The van der Waals surface area contributed by atoms with E-state index in [0.29, 0.717) is 6.54 Å². The number of nitrogens with two attached hydrogens (primary N) is 1. The molecule has 0 fully saturated rings.